The van der Waals surface area contributed by atoms with Crippen molar-refractivity contribution in [3.63, 3.8) is 0 Å². The highest BCUT2D eigenvalue weighted by Crippen LogP contribution is 2.37. The molecule has 0 bridgehead atoms. The number of anilines is 1. The average molecular weight is 445 g/mol. The molecule has 4 aromatic rings. The summed E-state index contributed by atoms with van der Waals surface area (Å²) in [6, 6.07) is 23.9. The Bertz CT molecular complexity index is 1410. The number of halogens is 3. The Morgan fingerprint density at radius 3 is 2.52 bits per heavy atom. The van der Waals surface area contributed by atoms with E-state index in [2.05, 4.69) is 5.32 Å². The summed E-state index contributed by atoms with van der Waals surface area (Å²) in [4.78, 5) is 12.7. The molecule has 5 rings (SSSR count). The van der Waals surface area contributed by atoms with E-state index in [1.807, 2.05) is 54.6 Å². The van der Waals surface area contributed by atoms with Crippen molar-refractivity contribution in [2.45, 2.75) is 12.8 Å². The molecule has 4 aromatic carbocycles. The van der Waals surface area contributed by atoms with Crippen LogP contribution < -0.4 is 10.1 Å². The van der Waals surface area contributed by atoms with Gasteiger partial charge in [-0.2, -0.15) is 13.2 Å². The molecule has 6 heteroatoms. The van der Waals surface area contributed by atoms with E-state index in [4.69, 9.17) is 4.74 Å². The Hall–Kier alpha value is -4.06. The molecule has 0 saturated carbocycles. The molecule has 0 fully saturated rings. The Morgan fingerprint density at radius 1 is 0.879 bits per heavy atom. The van der Waals surface area contributed by atoms with Gasteiger partial charge in [-0.15, -0.1) is 0 Å². The SMILES string of the molecule is O=C1Nc2ccccc2/C1=C\c1c(OCc2cccc(C(F)(F)F)c2)ccc2ccccc12. The predicted octanol–water partition coefficient (Wildman–Crippen LogP) is 6.93. The molecule has 3 nitrogen and oxygen atoms in total. The second-order valence-electron chi connectivity index (χ2n) is 7.74. The highest BCUT2D eigenvalue weighted by Gasteiger charge is 2.30. The summed E-state index contributed by atoms with van der Waals surface area (Å²) >= 11 is 0. The summed E-state index contributed by atoms with van der Waals surface area (Å²) < 4.78 is 45.2. The van der Waals surface area contributed by atoms with Crippen molar-refractivity contribution in [1.29, 1.82) is 0 Å². The number of hydrogen-bond acceptors (Lipinski definition) is 2. The number of carbonyl (C=O) groups is 1. The van der Waals surface area contributed by atoms with Gasteiger partial charge in [0.25, 0.3) is 5.91 Å². The van der Waals surface area contributed by atoms with Gasteiger partial charge in [0, 0.05) is 22.4 Å². The largest absolute Gasteiger partial charge is 0.488 e. The zero-order valence-corrected chi connectivity index (χ0v) is 17.3. The lowest BCUT2D eigenvalue weighted by Crippen LogP contribution is -2.06. The fraction of sp³-hybridized carbons (Fsp3) is 0.0741. The Labute approximate surface area is 188 Å². The van der Waals surface area contributed by atoms with Gasteiger partial charge in [-0.25, -0.2) is 0 Å². The zero-order chi connectivity index (χ0) is 23.0. The Kier molecular flexibility index (Phi) is 5.13. The zero-order valence-electron chi connectivity index (χ0n) is 17.3. The fourth-order valence-electron chi connectivity index (χ4n) is 3.98. The van der Waals surface area contributed by atoms with Gasteiger partial charge in [0.05, 0.1) is 5.56 Å². The van der Waals surface area contributed by atoms with Crippen LogP contribution in [0.4, 0.5) is 18.9 Å². The molecule has 33 heavy (non-hydrogen) atoms. The van der Waals surface area contributed by atoms with Crippen LogP contribution in [-0.4, -0.2) is 5.91 Å². The number of alkyl halides is 3. The number of fused-ring (bicyclic) bond motifs is 2. The lowest BCUT2D eigenvalue weighted by molar-refractivity contribution is -0.137. The van der Waals surface area contributed by atoms with Gasteiger partial charge in [-0.1, -0.05) is 60.7 Å². The maximum Gasteiger partial charge on any atom is 0.416 e. The standard InChI is InChI=1S/C27H18F3NO2/c28-27(29,30)19-8-5-6-17(14-19)16-33-25-13-12-18-7-1-2-9-20(18)22(25)15-23-21-10-3-4-11-24(21)31-26(23)32/h1-15H,16H2,(H,31,32)/b23-15+. The predicted molar refractivity (Wildman–Crippen MR) is 123 cm³/mol. The number of rotatable bonds is 4. The third-order valence-electron chi connectivity index (χ3n) is 5.58. The van der Waals surface area contributed by atoms with Crippen molar-refractivity contribution in [1.82, 2.24) is 0 Å². The smallest absolute Gasteiger partial charge is 0.416 e. The first-order valence-corrected chi connectivity index (χ1v) is 10.3. The van der Waals surface area contributed by atoms with Crippen LogP contribution in [0.2, 0.25) is 0 Å². The quantitative estimate of drug-likeness (QED) is 0.346. The van der Waals surface area contributed by atoms with E-state index in [0.29, 0.717) is 22.4 Å². The minimum absolute atomic E-state index is 0.0405. The van der Waals surface area contributed by atoms with Gasteiger partial charge in [0.1, 0.15) is 12.4 Å². The number of carbonyl (C=O) groups excluding carboxylic acids is 1. The number of hydrogen-bond donors (Lipinski definition) is 1. The van der Waals surface area contributed by atoms with Crippen molar-refractivity contribution >= 4 is 34.0 Å². The molecule has 1 aliphatic rings. The van der Waals surface area contributed by atoms with Gasteiger partial charge in [0.15, 0.2) is 0 Å². The molecule has 1 aliphatic heterocycles. The first-order chi connectivity index (χ1) is 15.9. The molecule has 1 heterocycles. The second-order valence-corrected chi connectivity index (χ2v) is 7.74. The molecule has 0 aliphatic carbocycles. The topological polar surface area (TPSA) is 38.3 Å². The molecular weight excluding hydrogens is 427 g/mol. The number of ether oxygens (including phenoxy) is 1. The van der Waals surface area contributed by atoms with Crippen molar-refractivity contribution in [2.24, 2.45) is 0 Å². The van der Waals surface area contributed by atoms with E-state index in [1.54, 1.807) is 18.2 Å². The van der Waals surface area contributed by atoms with Crippen LogP contribution in [-0.2, 0) is 17.6 Å². The molecule has 0 spiro atoms. The Balaban J connectivity index is 1.56. The number of para-hydroxylation sites is 1. The van der Waals surface area contributed by atoms with E-state index >= 15 is 0 Å². The minimum atomic E-state index is -4.42. The summed E-state index contributed by atoms with van der Waals surface area (Å²) in [5.41, 5.74) is 2.41. The number of nitrogens with one attached hydrogen (secondary N) is 1. The van der Waals surface area contributed by atoms with Gasteiger partial charge >= 0.3 is 6.18 Å². The highest BCUT2D eigenvalue weighted by atomic mass is 19.4. The number of amides is 1. The van der Waals surface area contributed by atoms with E-state index in [0.717, 1.165) is 34.2 Å². The van der Waals surface area contributed by atoms with Crippen LogP contribution in [0.25, 0.3) is 22.4 Å². The molecule has 0 unspecified atom stereocenters. The summed E-state index contributed by atoms with van der Waals surface area (Å²) in [6.45, 7) is -0.0405. The van der Waals surface area contributed by atoms with Crippen LogP contribution in [0.5, 0.6) is 5.75 Å². The van der Waals surface area contributed by atoms with Crippen molar-refractivity contribution in [3.8, 4) is 5.75 Å². The van der Waals surface area contributed by atoms with E-state index in [9.17, 15) is 18.0 Å². The van der Waals surface area contributed by atoms with Gasteiger partial charge in [-0.05, 0) is 46.7 Å². The van der Waals surface area contributed by atoms with Crippen molar-refractivity contribution in [2.75, 3.05) is 5.32 Å². The normalized spacial score (nSPS) is 14.4. The molecule has 1 amide bonds. The van der Waals surface area contributed by atoms with Gasteiger partial charge in [-0.3, -0.25) is 4.79 Å². The van der Waals surface area contributed by atoms with Crippen molar-refractivity contribution in [3.05, 3.63) is 107 Å². The molecule has 0 atom stereocenters. The van der Waals surface area contributed by atoms with Crippen LogP contribution >= 0.6 is 0 Å². The van der Waals surface area contributed by atoms with E-state index in [-0.39, 0.29) is 12.5 Å². The average Bonchev–Trinajstić information content (AvgIpc) is 3.13. The van der Waals surface area contributed by atoms with Crippen LogP contribution in [0.3, 0.4) is 0 Å². The number of benzene rings is 4. The fourth-order valence-corrected chi connectivity index (χ4v) is 3.98. The van der Waals surface area contributed by atoms with Crippen LogP contribution in [0.1, 0.15) is 22.3 Å². The molecule has 0 radical (unpaired) electrons. The van der Waals surface area contributed by atoms with Gasteiger partial charge < -0.3 is 10.1 Å². The summed E-state index contributed by atoms with van der Waals surface area (Å²) in [7, 11) is 0. The lowest BCUT2D eigenvalue weighted by Gasteiger charge is -2.14. The van der Waals surface area contributed by atoms with Crippen LogP contribution in [0.15, 0.2) is 84.9 Å². The molecule has 0 aromatic heterocycles. The third kappa shape index (κ3) is 4.07. The second kappa shape index (κ2) is 8.13. The molecule has 164 valence electrons. The summed E-state index contributed by atoms with van der Waals surface area (Å²) in [5.74, 6) is 0.267. The maximum atomic E-state index is 13.1. The summed E-state index contributed by atoms with van der Waals surface area (Å²) in [6.07, 6.45) is -2.64. The molecular formula is C27H18F3NO2. The third-order valence-corrected chi connectivity index (χ3v) is 5.58. The highest BCUT2D eigenvalue weighted by molar-refractivity contribution is 6.35. The lowest BCUT2D eigenvalue weighted by atomic mass is 9.98. The summed E-state index contributed by atoms with van der Waals surface area (Å²) in [5, 5.41) is 4.70. The van der Waals surface area contributed by atoms with E-state index < -0.39 is 11.7 Å². The molecule has 0 saturated heterocycles. The van der Waals surface area contributed by atoms with Gasteiger partial charge in [0.2, 0.25) is 0 Å². The van der Waals surface area contributed by atoms with Crippen LogP contribution in [0, 0.1) is 0 Å². The first kappa shape index (κ1) is 20.8. The minimum Gasteiger partial charge on any atom is -0.488 e. The first-order valence-electron chi connectivity index (χ1n) is 10.3. The monoisotopic (exact) mass is 445 g/mol. The maximum absolute atomic E-state index is 13.1. The van der Waals surface area contributed by atoms with Crippen molar-refractivity contribution < 1.29 is 22.7 Å². The Morgan fingerprint density at radius 2 is 1.67 bits per heavy atom. The van der Waals surface area contributed by atoms with E-state index in [1.165, 1.54) is 6.07 Å². The molecule has 1 N–H and O–H groups in total.